The van der Waals surface area contributed by atoms with Gasteiger partial charge in [-0.1, -0.05) is 13.8 Å². The average Bonchev–Trinajstić information content (AvgIpc) is 2.40. The lowest BCUT2D eigenvalue weighted by Crippen LogP contribution is -2.40. The van der Waals surface area contributed by atoms with Gasteiger partial charge in [-0.05, 0) is 38.3 Å². The Morgan fingerprint density at radius 3 is 2.33 bits per heavy atom. The van der Waals surface area contributed by atoms with Crippen molar-refractivity contribution in [2.45, 2.75) is 53.1 Å². The van der Waals surface area contributed by atoms with Crippen LogP contribution in [0.3, 0.4) is 0 Å². The number of pyridine rings is 1. The number of nitrogens with zero attached hydrogens (tertiary/aromatic N) is 1. The molecule has 0 spiro atoms. The van der Waals surface area contributed by atoms with Crippen LogP contribution in [0.2, 0.25) is 0 Å². The van der Waals surface area contributed by atoms with E-state index in [2.05, 4.69) is 5.32 Å². The topological polar surface area (TPSA) is 88.4 Å². The highest BCUT2D eigenvalue weighted by atomic mass is 16.4. The third kappa shape index (κ3) is 3.93. The van der Waals surface area contributed by atoms with Crippen molar-refractivity contribution in [3.8, 4) is 0 Å². The number of nitrogens with one attached hydrogen (secondary N) is 1. The molecule has 6 nitrogen and oxygen atoms in total. The fourth-order valence-electron chi connectivity index (χ4n) is 2.29. The second-order valence-electron chi connectivity index (χ2n) is 5.12. The molecular formula is C15H22N2O4. The van der Waals surface area contributed by atoms with Crippen LogP contribution in [0.1, 0.15) is 48.3 Å². The average molecular weight is 294 g/mol. The first-order chi connectivity index (χ1) is 9.81. The number of aromatic carboxylic acids is 1. The molecule has 116 valence electrons. The summed E-state index contributed by atoms with van der Waals surface area (Å²) in [4.78, 5) is 35.4. The van der Waals surface area contributed by atoms with Crippen LogP contribution in [-0.2, 0) is 11.3 Å². The van der Waals surface area contributed by atoms with E-state index >= 15 is 0 Å². The zero-order chi connectivity index (χ0) is 16.2. The summed E-state index contributed by atoms with van der Waals surface area (Å²) in [5.41, 5.74) is 0.0551. The normalized spacial score (nSPS) is 10.7. The molecule has 0 unspecified atom stereocenters. The molecule has 0 aliphatic heterocycles. The zero-order valence-electron chi connectivity index (χ0n) is 12.9. The number of aromatic nitrogens is 1. The maximum Gasteiger partial charge on any atom is 0.341 e. The van der Waals surface area contributed by atoms with E-state index in [9.17, 15) is 14.4 Å². The lowest BCUT2D eigenvalue weighted by atomic mass is 10.1. The fourth-order valence-corrected chi connectivity index (χ4v) is 2.29. The van der Waals surface area contributed by atoms with Crippen molar-refractivity contribution >= 4 is 11.9 Å². The molecule has 1 heterocycles. The Morgan fingerprint density at radius 1 is 1.29 bits per heavy atom. The van der Waals surface area contributed by atoms with Crippen LogP contribution in [0.15, 0.2) is 10.9 Å². The van der Waals surface area contributed by atoms with Crippen molar-refractivity contribution in [2.75, 3.05) is 0 Å². The number of hydrogen-bond acceptors (Lipinski definition) is 3. The lowest BCUT2D eigenvalue weighted by Gasteiger charge is -2.17. The van der Waals surface area contributed by atoms with Gasteiger partial charge in [-0.3, -0.25) is 9.59 Å². The molecule has 0 aromatic carbocycles. The van der Waals surface area contributed by atoms with Crippen LogP contribution in [0.25, 0.3) is 0 Å². The number of amides is 1. The lowest BCUT2D eigenvalue weighted by molar-refractivity contribution is -0.122. The van der Waals surface area contributed by atoms with Gasteiger partial charge < -0.3 is 15.0 Å². The van der Waals surface area contributed by atoms with Gasteiger partial charge in [0.15, 0.2) is 0 Å². The number of hydrogen-bond donors (Lipinski definition) is 2. The predicted octanol–water partition coefficient (Wildman–Crippen LogP) is 1.47. The van der Waals surface area contributed by atoms with Crippen molar-refractivity contribution in [3.63, 3.8) is 0 Å². The summed E-state index contributed by atoms with van der Waals surface area (Å²) in [6.45, 7) is 7.04. The van der Waals surface area contributed by atoms with E-state index in [1.807, 2.05) is 13.8 Å². The molecule has 0 radical (unpaired) electrons. The van der Waals surface area contributed by atoms with E-state index in [1.165, 1.54) is 4.57 Å². The molecule has 0 aliphatic rings. The van der Waals surface area contributed by atoms with Crippen LogP contribution >= 0.6 is 0 Å². The molecule has 21 heavy (non-hydrogen) atoms. The summed E-state index contributed by atoms with van der Waals surface area (Å²) >= 11 is 0. The second-order valence-corrected chi connectivity index (χ2v) is 5.12. The molecule has 2 N–H and O–H groups in total. The Kier molecular flexibility index (Phi) is 5.69. The van der Waals surface area contributed by atoms with Crippen molar-refractivity contribution < 1.29 is 14.7 Å². The van der Waals surface area contributed by atoms with E-state index in [0.29, 0.717) is 11.3 Å². The van der Waals surface area contributed by atoms with Gasteiger partial charge in [0.1, 0.15) is 12.1 Å². The molecule has 0 aliphatic carbocycles. The summed E-state index contributed by atoms with van der Waals surface area (Å²) in [6, 6.07) is 1.67. The Morgan fingerprint density at radius 2 is 1.86 bits per heavy atom. The number of carboxylic acid groups (broad SMARTS) is 1. The first kappa shape index (κ1) is 16.9. The summed E-state index contributed by atoms with van der Waals surface area (Å²) < 4.78 is 1.20. The first-order valence-electron chi connectivity index (χ1n) is 7.05. The smallest absolute Gasteiger partial charge is 0.341 e. The molecule has 0 fully saturated rings. The maximum atomic E-state index is 12.2. The Bertz CT molecular complexity index is 600. The molecule has 6 heteroatoms. The van der Waals surface area contributed by atoms with E-state index < -0.39 is 11.5 Å². The minimum Gasteiger partial charge on any atom is -0.477 e. The zero-order valence-corrected chi connectivity index (χ0v) is 12.9. The number of aryl methyl sites for hydroxylation is 2. The highest BCUT2D eigenvalue weighted by Gasteiger charge is 2.18. The van der Waals surface area contributed by atoms with Crippen molar-refractivity contribution in [2.24, 2.45) is 0 Å². The molecule has 1 aromatic rings. The molecule has 0 atom stereocenters. The summed E-state index contributed by atoms with van der Waals surface area (Å²) in [6.07, 6.45) is 1.62. The minimum atomic E-state index is -1.27. The monoisotopic (exact) mass is 294 g/mol. The Balaban J connectivity index is 3.09. The first-order valence-corrected chi connectivity index (χ1v) is 7.05. The molecule has 0 bridgehead atoms. The fraction of sp³-hybridized carbons (Fsp3) is 0.533. The van der Waals surface area contributed by atoms with E-state index in [0.717, 1.165) is 12.8 Å². The molecular weight excluding hydrogens is 272 g/mol. The number of carbonyl (C=O) groups is 2. The Labute approximate surface area is 123 Å². The van der Waals surface area contributed by atoms with Crippen LogP contribution in [0.5, 0.6) is 0 Å². The third-order valence-corrected chi connectivity index (χ3v) is 3.57. The molecule has 0 saturated carbocycles. The van der Waals surface area contributed by atoms with Crippen LogP contribution in [-0.4, -0.2) is 27.6 Å². The second kappa shape index (κ2) is 7.06. The standard InChI is InChI=1S/C15H22N2O4/c1-5-11(6-2)16-12(18)8-17-10(4)7-9(3)13(14(17)19)15(20)21/h7,11H,5-6,8H2,1-4H3,(H,16,18)(H,20,21). The highest BCUT2D eigenvalue weighted by Crippen LogP contribution is 2.06. The van der Waals surface area contributed by atoms with Crippen LogP contribution < -0.4 is 10.9 Å². The van der Waals surface area contributed by atoms with E-state index in [1.54, 1.807) is 19.9 Å². The quantitative estimate of drug-likeness (QED) is 0.831. The van der Waals surface area contributed by atoms with Gasteiger partial charge >= 0.3 is 5.97 Å². The van der Waals surface area contributed by atoms with Gasteiger partial charge in [0.05, 0.1) is 0 Å². The number of rotatable bonds is 6. The highest BCUT2D eigenvalue weighted by molar-refractivity contribution is 5.89. The van der Waals surface area contributed by atoms with Crippen molar-refractivity contribution in [3.05, 3.63) is 33.2 Å². The van der Waals surface area contributed by atoms with Gasteiger partial charge in [-0.15, -0.1) is 0 Å². The summed E-state index contributed by atoms with van der Waals surface area (Å²) in [7, 11) is 0. The van der Waals surface area contributed by atoms with E-state index in [-0.39, 0.29) is 24.1 Å². The van der Waals surface area contributed by atoms with Gasteiger partial charge in [0, 0.05) is 11.7 Å². The summed E-state index contributed by atoms with van der Waals surface area (Å²) in [5, 5.41) is 11.9. The van der Waals surface area contributed by atoms with E-state index in [4.69, 9.17) is 5.11 Å². The van der Waals surface area contributed by atoms with Crippen molar-refractivity contribution in [1.29, 1.82) is 0 Å². The molecule has 0 saturated heterocycles. The number of carboxylic acids is 1. The van der Waals surface area contributed by atoms with Gasteiger partial charge in [-0.25, -0.2) is 4.79 Å². The predicted molar refractivity (Wildman–Crippen MR) is 79.6 cm³/mol. The third-order valence-electron chi connectivity index (χ3n) is 3.57. The minimum absolute atomic E-state index is 0.0675. The largest absolute Gasteiger partial charge is 0.477 e. The molecule has 1 rings (SSSR count). The summed E-state index contributed by atoms with van der Waals surface area (Å²) in [5.74, 6) is -1.55. The van der Waals surface area contributed by atoms with Gasteiger partial charge in [0.2, 0.25) is 5.91 Å². The molecule has 1 amide bonds. The number of carbonyl (C=O) groups excluding carboxylic acids is 1. The Hall–Kier alpha value is -2.11. The van der Waals surface area contributed by atoms with Crippen molar-refractivity contribution in [1.82, 2.24) is 9.88 Å². The van der Waals surface area contributed by atoms with Crippen LogP contribution in [0.4, 0.5) is 0 Å². The maximum absolute atomic E-state index is 12.2. The van der Waals surface area contributed by atoms with Crippen LogP contribution in [0, 0.1) is 13.8 Å². The molecule has 1 aromatic heterocycles. The SMILES string of the molecule is CCC(CC)NC(=O)Cn1c(C)cc(C)c(C(=O)O)c1=O. The van der Waals surface area contributed by atoms with Gasteiger partial charge in [0.25, 0.3) is 5.56 Å². The van der Waals surface area contributed by atoms with Gasteiger partial charge in [-0.2, -0.15) is 0 Å².